The topological polar surface area (TPSA) is 132 Å². The second-order valence-corrected chi connectivity index (χ2v) is 7.29. The van der Waals surface area contributed by atoms with Gasteiger partial charge in [-0.05, 0) is 42.7 Å². The Hall–Kier alpha value is -3.17. The lowest BCUT2D eigenvalue weighted by molar-refractivity contribution is -0.109. The summed E-state index contributed by atoms with van der Waals surface area (Å²) in [4.78, 5) is 15.9. The number of benzene rings is 1. The molecule has 9 heteroatoms. The average Bonchev–Trinajstić information content (AvgIpc) is 2.81. The largest absolute Gasteiger partial charge is 0.402 e. The number of dihydropyridines is 1. The van der Waals surface area contributed by atoms with E-state index in [1.807, 2.05) is 0 Å². The van der Waals surface area contributed by atoms with Crippen LogP contribution in [0.3, 0.4) is 0 Å². The highest BCUT2D eigenvalue weighted by atomic mass is 19.3. The minimum Gasteiger partial charge on any atom is -0.402 e. The van der Waals surface area contributed by atoms with Gasteiger partial charge >= 0.3 is 0 Å². The Balaban J connectivity index is 2.32. The van der Waals surface area contributed by atoms with Crippen molar-refractivity contribution in [1.82, 2.24) is 0 Å². The van der Waals surface area contributed by atoms with Gasteiger partial charge in [0, 0.05) is 35.2 Å². The summed E-state index contributed by atoms with van der Waals surface area (Å²) < 4.78 is 27.8. The number of anilines is 1. The molecule has 1 aromatic rings. The molecule has 1 heterocycles. The number of nitrogens with two attached hydrogens (primary N) is 1. The lowest BCUT2D eigenvalue weighted by atomic mass is 9.92. The van der Waals surface area contributed by atoms with Crippen LogP contribution in [0.25, 0.3) is 0 Å². The van der Waals surface area contributed by atoms with Gasteiger partial charge in [-0.3, -0.25) is 9.79 Å². The maximum Gasteiger partial charge on any atom is 0.273 e. The molecule has 6 N–H and O–H groups in total. The van der Waals surface area contributed by atoms with Gasteiger partial charge < -0.3 is 26.7 Å². The second-order valence-electron chi connectivity index (χ2n) is 7.29. The average molecular weight is 446 g/mol. The molecule has 0 fully saturated rings. The number of aliphatic hydroxyl groups is 2. The number of hydrogen-bond donors (Lipinski definition) is 5. The number of halogens is 2. The van der Waals surface area contributed by atoms with Crippen LogP contribution in [0.15, 0.2) is 64.8 Å². The quantitative estimate of drug-likeness (QED) is 0.263. The van der Waals surface area contributed by atoms with E-state index in [0.717, 1.165) is 6.08 Å². The van der Waals surface area contributed by atoms with Gasteiger partial charge in [0.15, 0.2) is 5.78 Å². The van der Waals surface area contributed by atoms with E-state index in [9.17, 15) is 23.8 Å². The molecule has 2 unspecified atom stereocenters. The minimum atomic E-state index is -2.93. The van der Waals surface area contributed by atoms with Crippen molar-refractivity contribution in [3.8, 4) is 0 Å². The summed E-state index contributed by atoms with van der Waals surface area (Å²) in [6.45, 7) is 4.21. The molecule has 1 aliphatic rings. The number of alkyl halides is 2. The summed E-state index contributed by atoms with van der Waals surface area (Å²) in [5.41, 5.74) is 7.52. The Morgan fingerprint density at radius 3 is 2.59 bits per heavy atom. The molecular formula is C23H28F2N4O3. The molecule has 0 radical (unpaired) electrons. The van der Waals surface area contributed by atoms with Gasteiger partial charge in [0.1, 0.15) is 12.3 Å². The molecule has 32 heavy (non-hydrogen) atoms. The Morgan fingerprint density at radius 2 is 2.03 bits per heavy atom. The van der Waals surface area contributed by atoms with Crippen molar-refractivity contribution in [1.29, 1.82) is 5.41 Å². The number of carbonyl (C=O) groups excluding carboxylic acids is 1. The van der Waals surface area contributed by atoms with Gasteiger partial charge in [0.05, 0.1) is 12.3 Å². The van der Waals surface area contributed by atoms with Crippen LogP contribution in [0.5, 0.6) is 0 Å². The van der Waals surface area contributed by atoms with E-state index < -0.39 is 30.6 Å². The summed E-state index contributed by atoms with van der Waals surface area (Å²) in [6.07, 6.45) is 1.91. The maximum absolute atomic E-state index is 13.9. The second kappa shape index (κ2) is 10.9. The van der Waals surface area contributed by atoms with Gasteiger partial charge in [-0.2, -0.15) is 0 Å². The Labute approximate surface area is 185 Å². The zero-order valence-electron chi connectivity index (χ0n) is 17.8. The number of rotatable bonds is 11. The molecule has 172 valence electrons. The standard InChI is InChI=1S/C23H28F2N4O3/c1-3-19(31)17(26)9-10-18(27)21-16(20(32)13-30)11-12-28-22(21)29-15-7-5-14(6-8-15)23(24,25)4-2/h3,5-8,11-12,20,22,26,29-30,32H,1,4,9-10,13,27H2,2H3/b21-18-,26-17?. The Morgan fingerprint density at radius 1 is 1.38 bits per heavy atom. The smallest absolute Gasteiger partial charge is 0.273 e. The predicted octanol–water partition coefficient (Wildman–Crippen LogP) is 3.06. The number of carbonyl (C=O) groups is 1. The van der Waals surface area contributed by atoms with E-state index in [4.69, 9.17) is 11.1 Å². The van der Waals surface area contributed by atoms with Crippen molar-refractivity contribution in [2.75, 3.05) is 11.9 Å². The van der Waals surface area contributed by atoms with E-state index in [1.165, 1.54) is 43.5 Å². The Kier molecular flexibility index (Phi) is 8.56. The fraction of sp³-hybridized carbons (Fsp3) is 0.348. The first-order valence-corrected chi connectivity index (χ1v) is 10.1. The SMILES string of the molecule is C=CC(=O)C(=N)CC/C(N)=C1\C(C(O)CO)=CC=NC1Nc1ccc(C(F)(F)CC)cc1. The maximum atomic E-state index is 13.9. The van der Waals surface area contributed by atoms with Gasteiger partial charge in [0.25, 0.3) is 5.92 Å². The first-order chi connectivity index (χ1) is 15.1. The molecule has 0 saturated carbocycles. The highest BCUT2D eigenvalue weighted by molar-refractivity contribution is 6.42. The van der Waals surface area contributed by atoms with Crippen LogP contribution in [0, 0.1) is 5.41 Å². The van der Waals surface area contributed by atoms with E-state index in [0.29, 0.717) is 16.8 Å². The number of allylic oxidation sites excluding steroid dienone is 3. The van der Waals surface area contributed by atoms with Crippen LogP contribution in [0.4, 0.5) is 14.5 Å². The highest BCUT2D eigenvalue weighted by Crippen LogP contribution is 2.33. The third kappa shape index (κ3) is 5.95. The van der Waals surface area contributed by atoms with Gasteiger partial charge in [-0.25, -0.2) is 8.78 Å². The number of aliphatic imine (C=N–C) groups is 1. The van der Waals surface area contributed by atoms with Crippen LogP contribution in [0.1, 0.15) is 31.7 Å². The first-order valence-electron chi connectivity index (χ1n) is 10.1. The van der Waals surface area contributed by atoms with Crippen LogP contribution in [-0.4, -0.2) is 46.8 Å². The molecule has 0 amide bonds. The first kappa shape index (κ1) is 25.1. The summed E-state index contributed by atoms with van der Waals surface area (Å²) in [5, 5.41) is 30.6. The molecule has 1 aliphatic heterocycles. The van der Waals surface area contributed by atoms with E-state index in [1.54, 1.807) is 0 Å². The molecule has 2 rings (SSSR count). The van der Waals surface area contributed by atoms with Crippen molar-refractivity contribution in [3.63, 3.8) is 0 Å². The number of nitrogens with zero attached hydrogens (tertiary/aromatic N) is 1. The normalized spacial score (nSPS) is 18.5. The molecule has 7 nitrogen and oxygen atoms in total. The fourth-order valence-electron chi connectivity index (χ4n) is 3.20. The predicted molar refractivity (Wildman–Crippen MR) is 121 cm³/mol. The zero-order valence-corrected chi connectivity index (χ0v) is 17.8. The van der Waals surface area contributed by atoms with Crippen molar-refractivity contribution in [2.24, 2.45) is 10.7 Å². The molecule has 2 atom stereocenters. The fourth-order valence-corrected chi connectivity index (χ4v) is 3.20. The number of nitrogens with one attached hydrogen (secondary N) is 2. The third-order valence-electron chi connectivity index (χ3n) is 5.13. The van der Waals surface area contributed by atoms with Crippen LogP contribution in [-0.2, 0) is 10.7 Å². The summed E-state index contributed by atoms with van der Waals surface area (Å²) in [5.74, 6) is -3.43. The molecule has 0 aromatic heterocycles. The monoisotopic (exact) mass is 446 g/mol. The molecule has 0 bridgehead atoms. The van der Waals surface area contributed by atoms with E-state index in [-0.39, 0.29) is 36.2 Å². The summed E-state index contributed by atoms with van der Waals surface area (Å²) in [6, 6.07) is 5.65. The third-order valence-corrected chi connectivity index (χ3v) is 5.13. The molecule has 0 saturated heterocycles. The lowest BCUT2D eigenvalue weighted by Crippen LogP contribution is -2.32. The van der Waals surface area contributed by atoms with Gasteiger partial charge in [-0.1, -0.05) is 25.6 Å². The van der Waals surface area contributed by atoms with Crippen LogP contribution < -0.4 is 11.1 Å². The van der Waals surface area contributed by atoms with Crippen molar-refractivity contribution < 1.29 is 23.8 Å². The molecular weight excluding hydrogens is 418 g/mol. The molecule has 0 aliphatic carbocycles. The van der Waals surface area contributed by atoms with Crippen molar-refractivity contribution in [2.45, 2.75) is 44.4 Å². The Bertz CT molecular complexity index is 952. The summed E-state index contributed by atoms with van der Waals surface area (Å²) in [7, 11) is 0. The van der Waals surface area contributed by atoms with Crippen LogP contribution in [0.2, 0.25) is 0 Å². The number of hydrogen-bond acceptors (Lipinski definition) is 7. The van der Waals surface area contributed by atoms with E-state index >= 15 is 0 Å². The molecule has 1 aromatic carbocycles. The van der Waals surface area contributed by atoms with Crippen molar-refractivity contribution in [3.05, 3.63) is 65.4 Å². The molecule has 0 spiro atoms. The summed E-state index contributed by atoms with van der Waals surface area (Å²) >= 11 is 0. The number of ketones is 1. The minimum absolute atomic E-state index is 0.0555. The van der Waals surface area contributed by atoms with Gasteiger partial charge in [0.2, 0.25) is 0 Å². The number of aliphatic hydroxyl groups excluding tert-OH is 2. The highest BCUT2D eigenvalue weighted by Gasteiger charge is 2.29. The lowest BCUT2D eigenvalue weighted by Gasteiger charge is -2.28. The van der Waals surface area contributed by atoms with E-state index in [2.05, 4.69) is 16.9 Å². The van der Waals surface area contributed by atoms with Crippen molar-refractivity contribution >= 4 is 23.4 Å². The van der Waals surface area contributed by atoms with Crippen LogP contribution >= 0.6 is 0 Å². The van der Waals surface area contributed by atoms with Gasteiger partial charge in [-0.15, -0.1) is 0 Å². The zero-order chi connectivity index (χ0) is 23.9.